The molecular weight excluding hydrogens is 342 g/mol. The first-order valence-corrected chi connectivity index (χ1v) is 8.81. The van der Waals surface area contributed by atoms with Gasteiger partial charge >= 0.3 is 0 Å². The Morgan fingerprint density at radius 3 is 2.50 bits per heavy atom. The summed E-state index contributed by atoms with van der Waals surface area (Å²) in [6.45, 7) is 7.23. The van der Waals surface area contributed by atoms with Gasteiger partial charge in [0.15, 0.2) is 0 Å². The molecule has 1 saturated heterocycles. The first-order valence-electron chi connectivity index (χ1n) is 8.01. The molecule has 0 aromatic heterocycles. The van der Waals surface area contributed by atoms with E-state index in [2.05, 4.69) is 33.1 Å². The van der Waals surface area contributed by atoms with Crippen molar-refractivity contribution < 1.29 is 4.79 Å². The molecule has 1 heterocycles. The minimum Gasteiger partial charge on any atom is -0.351 e. The van der Waals surface area contributed by atoms with Crippen molar-refractivity contribution in [3.63, 3.8) is 0 Å². The topological polar surface area (TPSA) is 58.4 Å². The average Bonchev–Trinajstić information content (AvgIpc) is 2.50. The van der Waals surface area contributed by atoms with Gasteiger partial charge in [0.25, 0.3) is 0 Å². The highest BCUT2D eigenvalue weighted by molar-refractivity contribution is 9.10. The van der Waals surface area contributed by atoms with Crippen molar-refractivity contribution in [1.82, 2.24) is 10.2 Å². The van der Waals surface area contributed by atoms with E-state index in [0.717, 1.165) is 42.5 Å². The van der Waals surface area contributed by atoms with Crippen LogP contribution in [0, 0.1) is 0 Å². The van der Waals surface area contributed by atoms with E-state index in [1.807, 2.05) is 24.3 Å². The average molecular weight is 368 g/mol. The SMILES string of the molecule is CCCN1CCC(NC(=O)C(C)(N)c2ccc(Br)cc2)CC1. The van der Waals surface area contributed by atoms with Gasteiger partial charge in [0, 0.05) is 23.6 Å². The van der Waals surface area contributed by atoms with Gasteiger partial charge in [-0.2, -0.15) is 0 Å². The number of hydrogen-bond acceptors (Lipinski definition) is 3. The summed E-state index contributed by atoms with van der Waals surface area (Å²) in [6.07, 6.45) is 3.19. The molecule has 1 unspecified atom stereocenters. The lowest BCUT2D eigenvalue weighted by molar-refractivity contribution is -0.127. The zero-order valence-corrected chi connectivity index (χ0v) is 15.0. The fourth-order valence-electron chi connectivity index (χ4n) is 2.88. The summed E-state index contributed by atoms with van der Waals surface area (Å²) in [4.78, 5) is 15.0. The molecule has 122 valence electrons. The van der Waals surface area contributed by atoms with Gasteiger partial charge in [0.1, 0.15) is 5.54 Å². The highest BCUT2D eigenvalue weighted by atomic mass is 79.9. The van der Waals surface area contributed by atoms with Crippen LogP contribution in [0.5, 0.6) is 0 Å². The molecule has 2 rings (SSSR count). The summed E-state index contributed by atoms with van der Waals surface area (Å²) in [6, 6.07) is 7.86. The molecule has 0 saturated carbocycles. The molecule has 1 aliphatic heterocycles. The van der Waals surface area contributed by atoms with Gasteiger partial charge in [0.05, 0.1) is 0 Å². The third-order valence-electron chi connectivity index (χ3n) is 4.38. The van der Waals surface area contributed by atoms with Crippen LogP contribution >= 0.6 is 15.9 Å². The molecule has 0 spiro atoms. The van der Waals surface area contributed by atoms with E-state index in [1.54, 1.807) is 6.92 Å². The molecule has 0 aliphatic carbocycles. The Morgan fingerprint density at radius 1 is 1.36 bits per heavy atom. The van der Waals surface area contributed by atoms with Crippen LogP contribution in [0.15, 0.2) is 28.7 Å². The van der Waals surface area contributed by atoms with Gasteiger partial charge in [-0.1, -0.05) is 35.0 Å². The Morgan fingerprint density at radius 2 is 1.95 bits per heavy atom. The normalized spacial score (nSPS) is 19.6. The zero-order chi connectivity index (χ0) is 16.2. The lowest BCUT2D eigenvalue weighted by Crippen LogP contribution is -2.54. The maximum Gasteiger partial charge on any atom is 0.244 e. The molecule has 1 aliphatic rings. The van der Waals surface area contributed by atoms with Crippen LogP contribution < -0.4 is 11.1 Å². The summed E-state index contributed by atoms with van der Waals surface area (Å²) in [7, 11) is 0. The van der Waals surface area contributed by atoms with Crippen molar-refractivity contribution in [2.75, 3.05) is 19.6 Å². The lowest BCUT2D eigenvalue weighted by Gasteiger charge is -2.34. The molecule has 1 aromatic rings. The number of benzene rings is 1. The predicted molar refractivity (Wildman–Crippen MR) is 93.6 cm³/mol. The molecule has 3 N–H and O–H groups in total. The van der Waals surface area contributed by atoms with Gasteiger partial charge < -0.3 is 16.0 Å². The first-order chi connectivity index (χ1) is 10.4. The summed E-state index contributed by atoms with van der Waals surface area (Å²) < 4.78 is 0.982. The number of hydrogen-bond donors (Lipinski definition) is 2. The molecular formula is C17H26BrN3O. The maximum absolute atomic E-state index is 12.6. The Kier molecular flexibility index (Phi) is 6.01. The molecule has 1 amide bonds. The third-order valence-corrected chi connectivity index (χ3v) is 4.91. The van der Waals surface area contributed by atoms with Crippen LogP contribution in [-0.4, -0.2) is 36.5 Å². The first kappa shape index (κ1) is 17.4. The largest absolute Gasteiger partial charge is 0.351 e. The van der Waals surface area contributed by atoms with Gasteiger partial charge in [-0.15, -0.1) is 0 Å². The summed E-state index contributed by atoms with van der Waals surface area (Å²) in [5.41, 5.74) is 6.12. The molecule has 5 heteroatoms. The minimum absolute atomic E-state index is 0.0937. The highest BCUT2D eigenvalue weighted by Gasteiger charge is 2.32. The van der Waals surface area contributed by atoms with Gasteiger partial charge in [-0.05, 0) is 50.4 Å². The maximum atomic E-state index is 12.6. The van der Waals surface area contributed by atoms with Crippen LogP contribution in [0.4, 0.5) is 0 Å². The van der Waals surface area contributed by atoms with E-state index in [1.165, 1.54) is 6.42 Å². The zero-order valence-electron chi connectivity index (χ0n) is 13.4. The van der Waals surface area contributed by atoms with Crippen molar-refractivity contribution in [3.8, 4) is 0 Å². The van der Waals surface area contributed by atoms with E-state index < -0.39 is 5.54 Å². The van der Waals surface area contributed by atoms with E-state index in [0.29, 0.717) is 0 Å². The molecule has 0 bridgehead atoms. The number of piperidine rings is 1. The standard InChI is InChI=1S/C17H26BrN3O/c1-3-10-21-11-8-15(9-12-21)20-16(22)17(2,19)13-4-6-14(18)7-5-13/h4-7,15H,3,8-12,19H2,1-2H3,(H,20,22). The molecule has 22 heavy (non-hydrogen) atoms. The molecule has 0 radical (unpaired) electrons. The number of nitrogens with two attached hydrogens (primary N) is 1. The number of carbonyl (C=O) groups is 1. The quantitative estimate of drug-likeness (QED) is 0.840. The number of carbonyl (C=O) groups excluding carboxylic acids is 1. The van der Waals surface area contributed by atoms with Gasteiger partial charge in [0.2, 0.25) is 5.91 Å². The van der Waals surface area contributed by atoms with E-state index >= 15 is 0 Å². The Hall–Kier alpha value is -0.910. The highest BCUT2D eigenvalue weighted by Crippen LogP contribution is 2.21. The fourth-order valence-corrected chi connectivity index (χ4v) is 3.14. The number of amides is 1. The van der Waals surface area contributed by atoms with E-state index in [-0.39, 0.29) is 11.9 Å². The van der Waals surface area contributed by atoms with Crippen molar-refractivity contribution in [2.45, 2.75) is 44.7 Å². The molecule has 1 aromatic carbocycles. The minimum atomic E-state index is -0.999. The van der Waals surface area contributed by atoms with Crippen molar-refractivity contribution >= 4 is 21.8 Å². The van der Waals surface area contributed by atoms with Crippen LogP contribution in [0.25, 0.3) is 0 Å². The number of likely N-dealkylation sites (tertiary alicyclic amines) is 1. The fraction of sp³-hybridized carbons (Fsp3) is 0.588. The van der Waals surface area contributed by atoms with Crippen molar-refractivity contribution in [1.29, 1.82) is 0 Å². The van der Waals surface area contributed by atoms with Crippen molar-refractivity contribution in [2.24, 2.45) is 5.73 Å². The number of nitrogens with one attached hydrogen (secondary N) is 1. The van der Waals surface area contributed by atoms with Gasteiger partial charge in [-0.3, -0.25) is 4.79 Å². The summed E-state index contributed by atoms with van der Waals surface area (Å²) in [5.74, 6) is -0.0937. The number of halogens is 1. The molecule has 4 nitrogen and oxygen atoms in total. The van der Waals surface area contributed by atoms with Crippen LogP contribution in [0.2, 0.25) is 0 Å². The third kappa shape index (κ3) is 4.31. The van der Waals surface area contributed by atoms with Crippen LogP contribution in [-0.2, 0) is 10.3 Å². The number of nitrogens with zero attached hydrogens (tertiary/aromatic N) is 1. The Labute approximate surface area is 141 Å². The number of rotatable bonds is 5. The summed E-state index contributed by atoms with van der Waals surface area (Å²) in [5, 5.41) is 3.13. The summed E-state index contributed by atoms with van der Waals surface area (Å²) >= 11 is 3.40. The smallest absolute Gasteiger partial charge is 0.244 e. The van der Waals surface area contributed by atoms with Crippen LogP contribution in [0.1, 0.15) is 38.7 Å². The van der Waals surface area contributed by atoms with Crippen LogP contribution in [0.3, 0.4) is 0 Å². The van der Waals surface area contributed by atoms with E-state index in [4.69, 9.17) is 5.73 Å². The Bertz CT molecular complexity index is 493. The van der Waals surface area contributed by atoms with Crippen molar-refractivity contribution in [3.05, 3.63) is 34.3 Å². The predicted octanol–water partition coefficient (Wildman–Crippen LogP) is 2.61. The molecule has 1 atom stereocenters. The lowest BCUT2D eigenvalue weighted by atomic mass is 9.91. The van der Waals surface area contributed by atoms with E-state index in [9.17, 15) is 4.79 Å². The molecule has 1 fully saturated rings. The monoisotopic (exact) mass is 367 g/mol. The second kappa shape index (κ2) is 7.57. The second-order valence-corrected chi connectivity index (χ2v) is 7.21. The Balaban J connectivity index is 1.92. The van der Waals surface area contributed by atoms with Gasteiger partial charge in [-0.25, -0.2) is 0 Å². The second-order valence-electron chi connectivity index (χ2n) is 6.30.